The number of benzene rings is 1. The Morgan fingerprint density at radius 2 is 2.22 bits per heavy atom. The lowest BCUT2D eigenvalue weighted by Gasteiger charge is -2.24. The van der Waals surface area contributed by atoms with Gasteiger partial charge in [0.1, 0.15) is 0 Å². The summed E-state index contributed by atoms with van der Waals surface area (Å²) < 4.78 is 0. The Labute approximate surface area is 109 Å². The molecule has 3 heteroatoms. The van der Waals surface area contributed by atoms with Gasteiger partial charge in [0, 0.05) is 12.6 Å². The Bertz CT molecular complexity index is 371. The van der Waals surface area contributed by atoms with Crippen LogP contribution in [-0.2, 0) is 11.2 Å². The first-order chi connectivity index (χ1) is 8.75. The zero-order chi connectivity index (χ0) is 12.8. The number of carbonyl (C=O) groups excluding carboxylic acids is 1. The predicted octanol–water partition coefficient (Wildman–Crippen LogP) is 1.73. The van der Waals surface area contributed by atoms with E-state index < -0.39 is 0 Å². The number of rotatable bonds is 4. The second-order valence-corrected chi connectivity index (χ2v) is 5.14. The van der Waals surface area contributed by atoms with E-state index in [1.807, 2.05) is 18.2 Å². The van der Waals surface area contributed by atoms with Gasteiger partial charge in [0.25, 0.3) is 0 Å². The second-order valence-electron chi connectivity index (χ2n) is 5.14. The molecule has 2 atom stereocenters. The first kappa shape index (κ1) is 13.1. The first-order valence-electron chi connectivity index (χ1n) is 6.80. The van der Waals surface area contributed by atoms with Crippen LogP contribution in [0.3, 0.4) is 0 Å². The molecular weight excluding hydrogens is 224 g/mol. The van der Waals surface area contributed by atoms with Gasteiger partial charge in [0.05, 0.1) is 5.92 Å². The van der Waals surface area contributed by atoms with Crippen LogP contribution >= 0.6 is 0 Å². The molecule has 0 radical (unpaired) electrons. The average Bonchev–Trinajstić information content (AvgIpc) is 2.40. The normalized spacial score (nSPS) is 21.3. The molecule has 0 saturated carbocycles. The summed E-state index contributed by atoms with van der Waals surface area (Å²) in [6.45, 7) is 3.94. The van der Waals surface area contributed by atoms with Gasteiger partial charge in [0.2, 0.25) is 5.91 Å². The highest BCUT2D eigenvalue weighted by atomic mass is 16.1. The zero-order valence-corrected chi connectivity index (χ0v) is 11.0. The number of piperidine rings is 1. The van der Waals surface area contributed by atoms with Crippen LogP contribution in [0.15, 0.2) is 30.3 Å². The maximum absolute atomic E-state index is 12.0. The van der Waals surface area contributed by atoms with E-state index in [0.29, 0.717) is 0 Å². The molecule has 1 amide bonds. The summed E-state index contributed by atoms with van der Waals surface area (Å²) >= 11 is 0. The van der Waals surface area contributed by atoms with Crippen molar-refractivity contribution >= 4 is 5.91 Å². The lowest BCUT2D eigenvalue weighted by Crippen LogP contribution is -2.44. The molecule has 0 spiro atoms. The molecule has 0 aliphatic carbocycles. The van der Waals surface area contributed by atoms with Crippen LogP contribution in [0.5, 0.6) is 0 Å². The van der Waals surface area contributed by atoms with E-state index in [-0.39, 0.29) is 17.9 Å². The van der Waals surface area contributed by atoms with Crippen LogP contribution in [0.1, 0.15) is 25.3 Å². The van der Waals surface area contributed by atoms with Crippen molar-refractivity contribution in [3.8, 4) is 0 Å². The molecule has 1 aliphatic rings. The Morgan fingerprint density at radius 3 is 2.89 bits per heavy atom. The van der Waals surface area contributed by atoms with E-state index in [2.05, 4.69) is 29.7 Å². The minimum atomic E-state index is 0.150. The Balaban J connectivity index is 1.79. The van der Waals surface area contributed by atoms with Crippen molar-refractivity contribution < 1.29 is 4.79 Å². The van der Waals surface area contributed by atoms with Crippen LogP contribution in [0.4, 0.5) is 0 Å². The lowest BCUT2D eigenvalue weighted by atomic mass is 9.98. The molecular formula is C15H22N2O. The van der Waals surface area contributed by atoms with E-state index in [1.54, 1.807) is 0 Å². The van der Waals surface area contributed by atoms with Crippen LogP contribution in [0.2, 0.25) is 0 Å². The molecule has 3 nitrogen and oxygen atoms in total. The van der Waals surface area contributed by atoms with Gasteiger partial charge in [-0.05, 0) is 38.3 Å². The molecule has 1 aromatic rings. The number of hydrogen-bond acceptors (Lipinski definition) is 2. The molecule has 0 aromatic heterocycles. The quantitative estimate of drug-likeness (QED) is 0.849. The fourth-order valence-electron chi connectivity index (χ4n) is 2.45. The van der Waals surface area contributed by atoms with E-state index in [0.717, 1.165) is 32.4 Å². The summed E-state index contributed by atoms with van der Waals surface area (Å²) in [6, 6.07) is 10.5. The molecule has 2 N–H and O–H groups in total. The molecule has 1 fully saturated rings. The molecule has 1 heterocycles. The van der Waals surface area contributed by atoms with Crippen molar-refractivity contribution in [1.82, 2.24) is 10.6 Å². The van der Waals surface area contributed by atoms with Crippen LogP contribution in [-0.4, -0.2) is 25.0 Å². The zero-order valence-electron chi connectivity index (χ0n) is 11.0. The third kappa shape index (κ3) is 3.84. The molecule has 2 unspecified atom stereocenters. The average molecular weight is 246 g/mol. The number of carbonyl (C=O) groups is 1. The van der Waals surface area contributed by atoms with Crippen molar-refractivity contribution in [2.75, 3.05) is 13.1 Å². The smallest absolute Gasteiger partial charge is 0.224 e. The summed E-state index contributed by atoms with van der Waals surface area (Å²) in [5.74, 6) is 0.350. The molecule has 1 aliphatic heterocycles. The first-order valence-corrected chi connectivity index (χ1v) is 6.80. The Hall–Kier alpha value is -1.35. The highest BCUT2D eigenvalue weighted by Gasteiger charge is 2.21. The molecule has 1 aromatic carbocycles. The van der Waals surface area contributed by atoms with Crippen molar-refractivity contribution in [3.05, 3.63) is 35.9 Å². The monoisotopic (exact) mass is 246 g/mol. The highest BCUT2D eigenvalue weighted by Crippen LogP contribution is 2.10. The number of hydrogen-bond donors (Lipinski definition) is 2. The van der Waals surface area contributed by atoms with Crippen molar-refractivity contribution in [1.29, 1.82) is 0 Å². The van der Waals surface area contributed by atoms with E-state index in [1.165, 1.54) is 5.56 Å². The largest absolute Gasteiger partial charge is 0.353 e. The van der Waals surface area contributed by atoms with Crippen molar-refractivity contribution in [3.63, 3.8) is 0 Å². The summed E-state index contributed by atoms with van der Waals surface area (Å²) in [5.41, 5.74) is 1.27. The summed E-state index contributed by atoms with van der Waals surface area (Å²) in [7, 11) is 0. The number of amides is 1. The van der Waals surface area contributed by atoms with E-state index in [4.69, 9.17) is 0 Å². The van der Waals surface area contributed by atoms with Gasteiger partial charge >= 0.3 is 0 Å². The highest BCUT2D eigenvalue weighted by molar-refractivity contribution is 5.79. The topological polar surface area (TPSA) is 41.1 Å². The van der Waals surface area contributed by atoms with Gasteiger partial charge in [-0.25, -0.2) is 0 Å². The van der Waals surface area contributed by atoms with Crippen molar-refractivity contribution in [2.24, 2.45) is 5.92 Å². The van der Waals surface area contributed by atoms with Gasteiger partial charge in [-0.15, -0.1) is 0 Å². The lowest BCUT2D eigenvalue weighted by molar-refractivity contribution is -0.126. The van der Waals surface area contributed by atoms with Gasteiger partial charge in [-0.1, -0.05) is 30.3 Å². The fraction of sp³-hybridized carbons (Fsp3) is 0.533. The van der Waals surface area contributed by atoms with Gasteiger partial charge in [-0.2, -0.15) is 0 Å². The molecule has 0 bridgehead atoms. The minimum Gasteiger partial charge on any atom is -0.353 e. The van der Waals surface area contributed by atoms with Crippen LogP contribution in [0, 0.1) is 5.92 Å². The minimum absolute atomic E-state index is 0.150. The predicted molar refractivity (Wildman–Crippen MR) is 73.3 cm³/mol. The van der Waals surface area contributed by atoms with Crippen LogP contribution < -0.4 is 10.6 Å². The van der Waals surface area contributed by atoms with Crippen molar-refractivity contribution in [2.45, 2.75) is 32.2 Å². The second kappa shape index (κ2) is 6.55. The molecule has 98 valence electrons. The SMILES string of the molecule is CC(Cc1ccccc1)NC(=O)C1CCCNC1. The fourth-order valence-corrected chi connectivity index (χ4v) is 2.45. The maximum Gasteiger partial charge on any atom is 0.224 e. The summed E-state index contributed by atoms with van der Waals surface area (Å²) in [5, 5.41) is 6.40. The van der Waals surface area contributed by atoms with Crippen LogP contribution in [0.25, 0.3) is 0 Å². The Kier molecular flexibility index (Phi) is 4.76. The Morgan fingerprint density at radius 1 is 1.44 bits per heavy atom. The standard InChI is InChI=1S/C15H22N2O/c1-12(10-13-6-3-2-4-7-13)17-15(18)14-8-5-9-16-11-14/h2-4,6-7,12,14,16H,5,8-11H2,1H3,(H,17,18). The van der Waals surface area contributed by atoms with E-state index in [9.17, 15) is 4.79 Å². The van der Waals surface area contributed by atoms with E-state index >= 15 is 0 Å². The number of nitrogens with one attached hydrogen (secondary N) is 2. The third-order valence-corrected chi connectivity index (χ3v) is 3.44. The summed E-state index contributed by atoms with van der Waals surface area (Å²) in [6.07, 6.45) is 3.01. The maximum atomic E-state index is 12.0. The van der Waals surface area contributed by atoms with Gasteiger partial charge in [0.15, 0.2) is 0 Å². The molecule has 18 heavy (non-hydrogen) atoms. The van der Waals surface area contributed by atoms with Gasteiger partial charge < -0.3 is 10.6 Å². The molecule has 1 saturated heterocycles. The summed E-state index contributed by atoms with van der Waals surface area (Å²) in [4.78, 5) is 12.0. The third-order valence-electron chi connectivity index (χ3n) is 3.44. The molecule has 2 rings (SSSR count). The van der Waals surface area contributed by atoms with Gasteiger partial charge in [-0.3, -0.25) is 4.79 Å².